The summed E-state index contributed by atoms with van der Waals surface area (Å²) in [5, 5.41) is 0. The van der Waals surface area contributed by atoms with Crippen LogP contribution < -0.4 is 16.7 Å². The minimum absolute atomic E-state index is 0.331. The highest BCUT2D eigenvalue weighted by atomic mass is 19.1. The largest absolute Gasteiger partial charge is 0.395 e. The Balaban J connectivity index is 2.03. The third kappa shape index (κ3) is 1.83. The summed E-state index contributed by atoms with van der Waals surface area (Å²) in [5.41, 5.74) is 9.13. The molecule has 90 valence electrons. The topological polar surface area (TPSA) is 35.2 Å². The van der Waals surface area contributed by atoms with E-state index in [1.165, 1.54) is 0 Å². The Morgan fingerprint density at radius 2 is 2.00 bits per heavy atom. The SMILES string of the molecule is NCc1cccc(B2OC(F)c3ccccc32)c1. The molecule has 4 heteroatoms. The van der Waals surface area contributed by atoms with Crippen LogP contribution in [0.2, 0.25) is 0 Å². The van der Waals surface area contributed by atoms with Gasteiger partial charge in [-0.1, -0.05) is 48.5 Å². The fourth-order valence-electron chi connectivity index (χ4n) is 2.36. The highest BCUT2D eigenvalue weighted by molar-refractivity contribution is 6.81. The molecule has 0 bridgehead atoms. The lowest BCUT2D eigenvalue weighted by molar-refractivity contribution is 0.0802. The van der Waals surface area contributed by atoms with E-state index >= 15 is 0 Å². The van der Waals surface area contributed by atoms with E-state index in [1.807, 2.05) is 42.5 Å². The number of nitrogens with two attached hydrogens (primary N) is 1. The quantitative estimate of drug-likeness (QED) is 0.803. The van der Waals surface area contributed by atoms with Gasteiger partial charge in [0.15, 0.2) is 0 Å². The molecule has 0 saturated heterocycles. The van der Waals surface area contributed by atoms with E-state index in [2.05, 4.69) is 0 Å². The van der Waals surface area contributed by atoms with Gasteiger partial charge < -0.3 is 10.4 Å². The molecule has 0 aromatic heterocycles. The molecule has 0 fully saturated rings. The number of hydrogen-bond acceptors (Lipinski definition) is 2. The lowest BCUT2D eigenvalue weighted by Gasteiger charge is -2.09. The summed E-state index contributed by atoms with van der Waals surface area (Å²) < 4.78 is 19.2. The minimum Gasteiger partial charge on any atom is -0.395 e. The average Bonchev–Trinajstić information content (AvgIpc) is 2.77. The van der Waals surface area contributed by atoms with Crippen molar-refractivity contribution in [1.82, 2.24) is 0 Å². The van der Waals surface area contributed by atoms with E-state index in [-0.39, 0.29) is 6.92 Å². The van der Waals surface area contributed by atoms with Crippen LogP contribution in [-0.4, -0.2) is 6.92 Å². The van der Waals surface area contributed by atoms with Crippen LogP contribution in [0.1, 0.15) is 17.5 Å². The molecule has 2 N–H and O–H groups in total. The van der Waals surface area contributed by atoms with Crippen LogP contribution in [0, 0.1) is 0 Å². The van der Waals surface area contributed by atoms with Crippen LogP contribution >= 0.6 is 0 Å². The molecule has 0 spiro atoms. The van der Waals surface area contributed by atoms with E-state index in [0.29, 0.717) is 12.1 Å². The van der Waals surface area contributed by atoms with Crippen molar-refractivity contribution in [3.8, 4) is 0 Å². The van der Waals surface area contributed by atoms with Crippen molar-refractivity contribution in [3.05, 3.63) is 59.7 Å². The Morgan fingerprint density at radius 3 is 2.83 bits per heavy atom. The fraction of sp³-hybridized carbons (Fsp3) is 0.143. The zero-order chi connectivity index (χ0) is 12.5. The van der Waals surface area contributed by atoms with Crippen molar-refractivity contribution < 1.29 is 9.04 Å². The second-order valence-electron chi connectivity index (χ2n) is 4.41. The Labute approximate surface area is 106 Å². The Morgan fingerprint density at radius 1 is 1.17 bits per heavy atom. The zero-order valence-electron chi connectivity index (χ0n) is 9.84. The molecule has 1 aliphatic rings. The Kier molecular flexibility index (Phi) is 2.90. The second-order valence-corrected chi connectivity index (χ2v) is 4.41. The number of benzene rings is 2. The lowest BCUT2D eigenvalue weighted by atomic mass is 9.56. The lowest BCUT2D eigenvalue weighted by Crippen LogP contribution is -2.41. The van der Waals surface area contributed by atoms with E-state index < -0.39 is 6.36 Å². The van der Waals surface area contributed by atoms with Crippen LogP contribution in [-0.2, 0) is 11.2 Å². The van der Waals surface area contributed by atoms with Gasteiger partial charge in [-0.05, 0) is 16.5 Å². The molecule has 0 aliphatic carbocycles. The molecule has 1 unspecified atom stereocenters. The third-order valence-electron chi connectivity index (χ3n) is 3.27. The number of alkyl halides is 1. The molecule has 3 rings (SSSR count). The molecule has 0 radical (unpaired) electrons. The number of rotatable bonds is 2. The maximum Gasteiger partial charge on any atom is 0.365 e. The van der Waals surface area contributed by atoms with Crippen LogP contribution in [0.15, 0.2) is 48.5 Å². The van der Waals surface area contributed by atoms with Gasteiger partial charge in [0, 0.05) is 12.1 Å². The predicted octanol–water partition coefficient (Wildman–Crippen LogP) is 1.25. The first kappa shape index (κ1) is 11.4. The fourth-order valence-corrected chi connectivity index (χ4v) is 2.36. The van der Waals surface area contributed by atoms with Crippen LogP contribution in [0.4, 0.5) is 4.39 Å². The first-order valence-electron chi connectivity index (χ1n) is 5.97. The van der Waals surface area contributed by atoms with E-state index in [0.717, 1.165) is 16.5 Å². The Hall–Kier alpha value is -1.65. The molecular weight excluding hydrogens is 228 g/mol. The number of fused-ring (bicyclic) bond motifs is 1. The third-order valence-corrected chi connectivity index (χ3v) is 3.27. The van der Waals surface area contributed by atoms with Gasteiger partial charge in [0.1, 0.15) is 0 Å². The molecule has 1 aliphatic heterocycles. The molecular formula is C14H13BFNO. The van der Waals surface area contributed by atoms with Crippen molar-refractivity contribution in [2.24, 2.45) is 5.73 Å². The smallest absolute Gasteiger partial charge is 0.365 e. The van der Waals surface area contributed by atoms with Crippen LogP contribution in [0.5, 0.6) is 0 Å². The standard InChI is InChI=1S/C14H13BFNO/c16-14-12-6-1-2-7-13(12)15(18-14)11-5-3-4-10(8-11)9-17/h1-8,14H,9,17H2. The van der Waals surface area contributed by atoms with E-state index in [1.54, 1.807) is 6.07 Å². The summed E-state index contributed by atoms with van der Waals surface area (Å²) in [6.07, 6.45) is -1.34. The van der Waals surface area contributed by atoms with Crippen molar-refractivity contribution in [3.63, 3.8) is 0 Å². The molecule has 1 heterocycles. The summed E-state index contributed by atoms with van der Waals surface area (Å²) in [6, 6.07) is 15.2. The first-order valence-corrected chi connectivity index (χ1v) is 5.97. The van der Waals surface area contributed by atoms with Gasteiger partial charge in [0.05, 0.1) is 0 Å². The van der Waals surface area contributed by atoms with Crippen LogP contribution in [0.25, 0.3) is 0 Å². The van der Waals surface area contributed by atoms with Crippen LogP contribution in [0.3, 0.4) is 0 Å². The molecule has 2 aromatic carbocycles. The van der Waals surface area contributed by atoms with Gasteiger partial charge in [-0.3, -0.25) is 0 Å². The highest BCUT2D eigenvalue weighted by Gasteiger charge is 2.36. The Bertz CT molecular complexity index is 575. The van der Waals surface area contributed by atoms with Gasteiger partial charge in [0.2, 0.25) is 6.36 Å². The number of hydrogen-bond donors (Lipinski definition) is 1. The van der Waals surface area contributed by atoms with Crippen molar-refractivity contribution >= 4 is 17.8 Å². The van der Waals surface area contributed by atoms with E-state index in [9.17, 15) is 4.39 Å². The van der Waals surface area contributed by atoms with Gasteiger partial charge >= 0.3 is 6.92 Å². The molecule has 2 aromatic rings. The molecule has 18 heavy (non-hydrogen) atoms. The zero-order valence-corrected chi connectivity index (χ0v) is 9.84. The summed E-state index contributed by atoms with van der Waals surface area (Å²) in [7, 11) is 0. The van der Waals surface area contributed by atoms with Crippen molar-refractivity contribution in [2.75, 3.05) is 0 Å². The van der Waals surface area contributed by atoms with Gasteiger partial charge in [-0.25, -0.2) is 4.39 Å². The van der Waals surface area contributed by atoms with Gasteiger partial charge in [-0.15, -0.1) is 0 Å². The maximum atomic E-state index is 13.8. The molecule has 1 atom stereocenters. The van der Waals surface area contributed by atoms with Gasteiger partial charge in [0.25, 0.3) is 0 Å². The van der Waals surface area contributed by atoms with Crippen molar-refractivity contribution in [1.29, 1.82) is 0 Å². The normalized spacial score (nSPS) is 17.9. The molecule has 0 saturated carbocycles. The number of halogens is 1. The molecule has 0 amide bonds. The predicted molar refractivity (Wildman–Crippen MR) is 70.7 cm³/mol. The molecule has 2 nitrogen and oxygen atoms in total. The minimum atomic E-state index is -1.34. The van der Waals surface area contributed by atoms with E-state index in [4.69, 9.17) is 10.4 Å². The first-order chi connectivity index (χ1) is 8.79. The average molecular weight is 241 g/mol. The summed E-state index contributed by atoms with van der Waals surface area (Å²) in [4.78, 5) is 0. The summed E-state index contributed by atoms with van der Waals surface area (Å²) >= 11 is 0. The second kappa shape index (κ2) is 4.56. The van der Waals surface area contributed by atoms with Crippen molar-refractivity contribution in [2.45, 2.75) is 12.9 Å². The van der Waals surface area contributed by atoms with Gasteiger partial charge in [-0.2, -0.15) is 0 Å². The highest BCUT2D eigenvalue weighted by Crippen LogP contribution is 2.24. The maximum absolute atomic E-state index is 13.8. The summed E-state index contributed by atoms with van der Waals surface area (Å²) in [6.45, 7) is 0.143. The monoisotopic (exact) mass is 241 g/mol. The summed E-state index contributed by atoms with van der Waals surface area (Å²) in [5.74, 6) is 0.